The van der Waals surface area contributed by atoms with E-state index in [1.807, 2.05) is 19.9 Å². The number of aromatic nitrogens is 2. The summed E-state index contributed by atoms with van der Waals surface area (Å²) in [5.74, 6) is 2.31. The van der Waals surface area contributed by atoms with E-state index in [1.54, 1.807) is 0 Å². The maximum absolute atomic E-state index is 9.05. The van der Waals surface area contributed by atoms with Crippen LogP contribution in [0.15, 0.2) is 6.07 Å². The van der Waals surface area contributed by atoms with Gasteiger partial charge in [-0.1, -0.05) is 6.42 Å². The van der Waals surface area contributed by atoms with Crippen LogP contribution in [-0.4, -0.2) is 27.7 Å². The quantitative estimate of drug-likeness (QED) is 0.838. The maximum Gasteiger partial charge on any atom is 0.130 e. The highest BCUT2D eigenvalue weighted by atomic mass is 16.3. The molecule has 0 radical (unpaired) electrons. The van der Waals surface area contributed by atoms with Crippen molar-refractivity contribution in [1.29, 1.82) is 0 Å². The lowest BCUT2D eigenvalue weighted by molar-refractivity contribution is 0.254. The van der Waals surface area contributed by atoms with Crippen LogP contribution >= 0.6 is 0 Å². The number of rotatable bonds is 4. The number of anilines is 1. The van der Waals surface area contributed by atoms with E-state index in [2.05, 4.69) is 15.3 Å². The van der Waals surface area contributed by atoms with Crippen molar-refractivity contribution in [2.75, 3.05) is 11.9 Å². The lowest BCUT2D eigenvalue weighted by atomic mass is 10.00. The van der Waals surface area contributed by atoms with Crippen LogP contribution in [0.25, 0.3) is 0 Å². The van der Waals surface area contributed by atoms with E-state index < -0.39 is 0 Å². The fourth-order valence-corrected chi connectivity index (χ4v) is 2.72. The Morgan fingerprint density at radius 1 is 1.35 bits per heavy atom. The fraction of sp³-hybridized carbons (Fsp3) is 0.692. The molecule has 1 saturated carbocycles. The second-order valence-corrected chi connectivity index (χ2v) is 4.90. The van der Waals surface area contributed by atoms with Crippen molar-refractivity contribution in [3.05, 3.63) is 17.6 Å². The van der Waals surface area contributed by atoms with Crippen molar-refractivity contribution in [2.24, 2.45) is 5.92 Å². The molecule has 0 saturated heterocycles. The molecule has 0 aromatic carbocycles. The number of hydrogen-bond donors (Lipinski definition) is 2. The van der Waals surface area contributed by atoms with Crippen LogP contribution in [0.5, 0.6) is 0 Å². The first kappa shape index (κ1) is 12.3. The fourth-order valence-electron chi connectivity index (χ4n) is 2.72. The molecule has 1 heterocycles. The Labute approximate surface area is 102 Å². The molecule has 94 valence electrons. The monoisotopic (exact) mass is 235 g/mol. The third kappa shape index (κ3) is 3.16. The second kappa shape index (κ2) is 5.45. The summed E-state index contributed by atoms with van der Waals surface area (Å²) in [5.41, 5.74) is 0.997. The SMILES string of the molecule is Cc1cc(NC2CCCC2CCO)nc(C)n1. The third-order valence-corrected chi connectivity index (χ3v) is 3.46. The number of aryl methyl sites for hydroxylation is 2. The van der Waals surface area contributed by atoms with Gasteiger partial charge in [-0.15, -0.1) is 0 Å². The maximum atomic E-state index is 9.05. The molecule has 2 atom stereocenters. The topological polar surface area (TPSA) is 58.0 Å². The van der Waals surface area contributed by atoms with Crippen LogP contribution in [0.3, 0.4) is 0 Å². The molecule has 1 aliphatic rings. The zero-order valence-corrected chi connectivity index (χ0v) is 10.6. The molecule has 4 nitrogen and oxygen atoms in total. The summed E-state index contributed by atoms with van der Waals surface area (Å²) in [5, 5.41) is 12.5. The number of aliphatic hydroxyl groups excluding tert-OH is 1. The summed E-state index contributed by atoms with van der Waals surface area (Å²) in [7, 11) is 0. The van der Waals surface area contributed by atoms with Gasteiger partial charge >= 0.3 is 0 Å². The highest BCUT2D eigenvalue weighted by molar-refractivity contribution is 5.37. The van der Waals surface area contributed by atoms with Crippen LogP contribution in [0, 0.1) is 19.8 Å². The molecule has 1 aromatic rings. The number of nitrogens with zero attached hydrogens (tertiary/aromatic N) is 2. The van der Waals surface area contributed by atoms with Crippen molar-refractivity contribution in [3.63, 3.8) is 0 Å². The van der Waals surface area contributed by atoms with Gasteiger partial charge in [0, 0.05) is 24.4 Å². The molecule has 1 aliphatic carbocycles. The summed E-state index contributed by atoms with van der Waals surface area (Å²) >= 11 is 0. The van der Waals surface area contributed by atoms with Crippen LogP contribution in [-0.2, 0) is 0 Å². The van der Waals surface area contributed by atoms with Crippen molar-refractivity contribution in [3.8, 4) is 0 Å². The number of hydrogen-bond acceptors (Lipinski definition) is 4. The van der Waals surface area contributed by atoms with Gasteiger partial charge in [-0.3, -0.25) is 0 Å². The Morgan fingerprint density at radius 3 is 2.88 bits per heavy atom. The zero-order valence-electron chi connectivity index (χ0n) is 10.6. The minimum Gasteiger partial charge on any atom is -0.396 e. The Hall–Kier alpha value is -1.16. The summed E-state index contributed by atoms with van der Waals surface area (Å²) in [6, 6.07) is 2.44. The van der Waals surface area contributed by atoms with E-state index in [9.17, 15) is 0 Å². The van der Waals surface area contributed by atoms with Crippen molar-refractivity contribution < 1.29 is 5.11 Å². The van der Waals surface area contributed by atoms with Gasteiger partial charge in [0.1, 0.15) is 11.6 Å². The average Bonchev–Trinajstić information content (AvgIpc) is 2.65. The second-order valence-electron chi connectivity index (χ2n) is 4.90. The number of nitrogens with one attached hydrogen (secondary N) is 1. The van der Waals surface area contributed by atoms with E-state index in [-0.39, 0.29) is 6.61 Å². The summed E-state index contributed by atoms with van der Waals surface area (Å²) in [6.07, 6.45) is 4.51. The molecule has 0 amide bonds. The van der Waals surface area contributed by atoms with Gasteiger partial charge in [0.2, 0.25) is 0 Å². The van der Waals surface area contributed by atoms with Crippen LogP contribution < -0.4 is 5.32 Å². The standard InChI is InChI=1S/C13H21N3O/c1-9-8-13(15-10(2)14-9)16-12-5-3-4-11(12)6-7-17/h8,11-12,17H,3-7H2,1-2H3,(H,14,15,16). The van der Waals surface area contributed by atoms with Crippen LogP contribution in [0.1, 0.15) is 37.2 Å². The highest BCUT2D eigenvalue weighted by Crippen LogP contribution is 2.30. The molecular formula is C13H21N3O. The van der Waals surface area contributed by atoms with Gasteiger partial charge in [0.15, 0.2) is 0 Å². The minimum atomic E-state index is 0.282. The van der Waals surface area contributed by atoms with E-state index in [1.165, 1.54) is 19.3 Å². The van der Waals surface area contributed by atoms with Crippen LogP contribution in [0.4, 0.5) is 5.82 Å². The number of aliphatic hydroxyl groups is 1. The third-order valence-electron chi connectivity index (χ3n) is 3.46. The largest absolute Gasteiger partial charge is 0.396 e. The van der Waals surface area contributed by atoms with Gasteiger partial charge in [0.25, 0.3) is 0 Å². The van der Waals surface area contributed by atoms with Gasteiger partial charge in [-0.2, -0.15) is 0 Å². The molecule has 2 N–H and O–H groups in total. The lowest BCUT2D eigenvalue weighted by Gasteiger charge is -2.21. The summed E-state index contributed by atoms with van der Waals surface area (Å²) in [6.45, 7) is 4.18. The van der Waals surface area contributed by atoms with Gasteiger partial charge in [-0.05, 0) is 39.0 Å². The Morgan fingerprint density at radius 2 is 2.18 bits per heavy atom. The first-order valence-electron chi connectivity index (χ1n) is 6.38. The smallest absolute Gasteiger partial charge is 0.130 e. The van der Waals surface area contributed by atoms with Gasteiger partial charge in [0.05, 0.1) is 0 Å². The molecule has 4 heteroatoms. The van der Waals surface area contributed by atoms with E-state index in [0.29, 0.717) is 12.0 Å². The summed E-state index contributed by atoms with van der Waals surface area (Å²) < 4.78 is 0. The van der Waals surface area contributed by atoms with Crippen molar-refractivity contribution >= 4 is 5.82 Å². The van der Waals surface area contributed by atoms with E-state index in [4.69, 9.17) is 5.11 Å². The van der Waals surface area contributed by atoms with Crippen molar-refractivity contribution in [2.45, 2.75) is 45.6 Å². The van der Waals surface area contributed by atoms with Crippen molar-refractivity contribution in [1.82, 2.24) is 9.97 Å². The molecule has 1 aromatic heterocycles. The molecule has 2 unspecified atom stereocenters. The molecule has 0 spiro atoms. The van der Waals surface area contributed by atoms with Gasteiger partial charge < -0.3 is 10.4 Å². The highest BCUT2D eigenvalue weighted by Gasteiger charge is 2.26. The van der Waals surface area contributed by atoms with E-state index in [0.717, 1.165) is 23.8 Å². The Kier molecular flexibility index (Phi) is 3.94. The molecule has 1 fully saturated rings. The van der Waals surface area contributed by atoms with Crippen LogP contribution in [0.2, 0.25) is 0 Å². The molecule has 0 bridgehead atoms. The van der Waals surface area contributed by atoms with E-state index >= 15 is 0 Å². The zero-order chi connectivity index (χ0) is 12.3. The molecule has 17 heavy (non-hydrogen) atoms. The molecule has 2 rings (SSSR count). The predicted octanol–water partition coefficient (Wildman–Crippen LogP) is 2.06. The Bertz CT molecular complexity index is 361. The average molecular weight is 235 g/mol. The summed E-state index contributed by atoms with van der Waals surface area (Å²) in [4.78, 5) is 8.68. The molecular weight excluding hydrogens is 214 g/mol. The first-order chi connectivity index (χ1) is 8.19. The predicted molar refractivity (Wildman–Crippen MR) is 68.0 cm³/mol. The van der Waals surface area contributed by atoms with Gasteiger partial charge in [-0.25, -0.2) is 9.97 Å². The first-order valence-corrected chi connectivity index (χ1v) is 6.38. The normalized spacial score (nSPS) is 23.9. The molecule has 0 aliphatic heterocycles. The Balaban J connectivity index is 2.04. The minimum absolute atomic E-state index is 0.282. The lowest BCUT2D eigenvalue weighted by Crippen LogP contribution is -2.25.